The highest BCUT2D eigenvalue weighted by atomic mass is 32.1. The van der Waals surface area contributed by atoms with E-state index in [1.807, 2.05) is 7.05 Å². The molecule has 0 spiro atoms. The quantitative estimate of drug-likeness (QED) is 0.830. The van der Waals surface area contributed by atoms with E-state index >= 15 is 0 Å². The molecule has 0 atom stereocenters. The summed E-state index contributed by atoms with van der Waals surface area (Å²) in [5.74, 6) is -0.344. The lowest BCUT2D eigenvalue weighted by molar-refractivity contribution is 0.0698. The van der Waals surface area contributed by atoms with E-state index in [-0.39, 0.29) is 0 Å². The predicted octanol–water partition coefficient (Wildman–Crippen LogP) is 1.44. The summed E-state index contributed by atoms with van der Waals surface area (Å²) in [4.78, 5) is 14.7. The van der Waals surface area contributed by atoms with Crippen molar-refractivity contribution in [1.82, 2.24) is 4.90 Å². The van der Waals surface area contributed by atoms with E-state index in [9.17, 15) is 4.79 Å². The second kappa shape index (κ2) is 3.83. The van der Waals surface area contributed by atoms with E-state index in [4.69, 9.17) is 9.84 Å². The number of hydrogen-bond acceptors (Lipinski definition) is 4. The van der Waals surface area contributed by atoms with Gasteiger partial charge in [0.05, 0.1) is 7.11 Å². The summed E-state index contributed by atoms with van der Waals surface area (Å²) in [5.41, 5.74) is 1.05. The number of carboxylic acid groups (broad SMARTS) is 1. The summed E-state index contributed by atoms with van der Waals surface area (Å²) < 4.78 is 5.20. The molecule has 5 heteroatoms. The van der Waals surface area contributed by atoms with Crippen LogP contribution in [0.25, 0.3) is 0 Å². The molecule has 0 radical (unpaired) electrons. The Morgan fingerprint density at radius 2 is 2.33 bits per heavy atom. The lowest BCUT2D eigenvalue weighted by Crippen LogP contribution is -2.25. The first-order chi connectivity index (χ1) is 7.13. The molecule has 1 aromatic heterocycles. The van der Waals surface area contributed by atoms with Crippen molar-refractivity contribution in [3.63, 3.8) is 0 Å². The topological polar surface area (TPSA) is 49.8 Å². The van der Waals surface area contributed by atoms with Gasteiger partial charge in [0.25, 0.3) is 0 Å². The fraction of sp³-hybridized carbons (Fsp3) is 0.500. The molecule has 15 heavy (non-hydrogen) atoms. The standard InChI is InChI=1S/C10H13NO3S/c1-11-4-3-7-6(5-11)8(14-2)9(15-7)10(12)13/h3-5H2,1-2H3,(H,12,13). The van der Waals surface area contributed by atoms with Gasteiger partial charge in [0.15, 0.2) is 4.88 Å². The first-order valence-corrected chi connectivity index (χ1v) is 5.55. The van der Waals surface area contributed by atoms with Gasteiger partial charge in [-0.25, -0.2) is 4.79 Å². The number of methoxy groups -OCH3 is 1. The first kappa shape index (κ1) is 10.4. The largest absolute Gasteiger partial charge is 0.495 e. The monoisotopic (exact) mass is 227 g/mol. The Labute approximate surface area is 92.1 Å². The number of hydrogen-bond donors (Lipinski definition) is 1. The zero-order valence-electron chi connectivity index (χ0n) is 8.74. The SMILES string of the molecule is COc1c(C(=O)O)sc2c1CN(C)CC2. The molecule has 0 saturated heterocycles. The van der Waals surface area contributed by atoms with Crippen molar-refractivity contribution in [2.45, 2.75) is 13.0 Å². The number of fused-ring (bicyclic) bond motifs is 1. The minimum absolute atomic E-state index is 0.331. The molecule has 1 N–H and O–H groups in total. The van der Waals surface area contributed by atoms with Crippen LogP contribution in [0.15, 0.2) is 0 Å². The molecule has 0 aliphatic carbocycles. The zero-order chi connectivity index (χ0) is 11.0. The number of rotatable bonds is 2. The molecule has 0 aromatic carbocycles. The van der Waals surface area contributed by atoms with Crippen molar-refractivity contribution in [2.24, 2.45) is 0 Å². The number of nitrogens with zero attached hydrogens (tertiary/aromatic N) is 1. The first-order valence-electron chi connectivity index (χ1n) is 4.74. The van der Waals surface area contributed by atoms with Crippen molar-refractivity contribution in [3.05, 3.63) is 15.3 Å². The van der Waals surface area contributed by atoms with Gasteiger partial charge in [-0.05, 0) is 13.5 Å². The van der Waals surface area contributed by atoms with Gasteiger partial charge in [0, 0.05) is 23.5 Å². The van der Waals surface area contributed by atoms with Gasteiger partial charge in [-0.15, -0.1) is 11.3 Å². The van der Waals surface area contributed by atoms with Crippen LogP contribution in [0, 0.1) is 0 Å². The number of aromatic carboxylic acids is 1. The van der Waals surface area contributed by atoms with Crippen LogP contribution in [0.2, 0.25) is 0 Å². The minimum atomic E-state index is -0.895. The summed E-state index contributed by atoms with van der Waals surface area (Å²) in [6.07, 6.45) is 0.917. The normalized spacial score (nSPS) is 16.1. The van der Waals surface area contributed by atoms with E-state index in [1.165, 1.54) is 18.4 Å². The third kappa shape index (κ3) is 1.72. The molecule has 0 unspecified atom stereocenters. The van der Waals surface area contributed by atoms with E-state index in [0.29, 0.717) is 10.6 Å². The summed E-state index contributed by atoms with van der Waals surface area (Å²) in [5, 5.41) is 9.03. The predicted molar refractivity (Wildman–Crippen MR) is 57.9 cm³/mol. The maximum atomic E-state index is 11.0. The Balaban J connectivity index is 2.49. The molecular weight excluding hydrogens is 214 g/mol. The van der Waals surface area contributed by atoms with Gasteiger partial charge in [0.2, 0.25) is 0 Å². The van der Waals surface area contributed by atoms with Crippen molar-refractivity contribution in [1.29, 1.82) is 0 Å². The van der Waals surface area contributed by atoms with E-state index < -0.39 is 5.97 Å². The fourth-order valence-corrected chi connectivity index (χ4v) is 2.96. The Bertz CT molecular complexity index is 400. The molecule has 0 saturated carbocycles. The van der Waals surface area contributed by atoms with Crippen LogP contribution in [-0.2, 0) is 13.0 Å². The number of thiophene rings is 1. The van der Waals surface area contributed by atoms with Gasteiger partial charge < -0.3 is 14.7 Å². The van der Waals surface area contributed by atoms with Crippen molar-refractivity contribution in [3.8, 4) is 5.75 Å². The summed E-state index contributed by atoms with van der Waals surface area (Å²) >= 11 is 1.35. The van der Waals surface area contributed by atoms with Gasteiger partial charge >= 0.3 is 5.97 Å². The summed E-state index contributed by atoms with van der Waals surface area (Å²) in [6.45, 7) is 1.76. The maximum Gasteiger partial charge on any atom is 0.349 e. The average molecular weight is 227 g/mol. The third-order valence-corrected chi connectivity index (χ3v) is 3.85. The molecule has 0 bridgehead atoms. The molecule has 4 nitrogen and oxygen atoms in total. The molecule has 0 amide bonds. The summed E-state index contributed by atoms with van der Waals surface area (Å²) in [7, 11) is 3.56. The molecule has 0 fully saturated rings. The fourth-order valence-electron chi connectivity index (χ4n) is 1.85. The molecule has 2 heterocycles. The van der Waals surface area contributed by atoms with Crippen LogP contribution in [0.4, 0.5) is 0 Å². The van der Waals surface area contributed by atoms with Crippen LogP contribution in [0.5, 0.6) is 5.75 Å². The van der Waals surface area contributed by atoms with E-state index in [1.54, 1.807) is 0 Å². The molecule has 82 valence electrons. The Kier molecular flexibility index (Phi) is 2.67. The Morgan fingerprint density at radius 3 is 2.93 bits per heavy atom. The minimum Gasteiger partial charge on any atom is -0.495 e. The lowest BCUT2D eigenvalue weighted by atomic mass is 10.1. The van der Waals surface area contributed by atoms with Crippen LogP contribution in [-0.4, -0.2) is 36.7 Å². The molecular formula is C10H13NO3S. The number of ether oxygens (including phenoxy) is 1. The number of carbonyl (C=O) groups is 1. The highest BCUT2D eigenvalue weighted by Gasteiger charge is 2.26. The lowest BCUT2D eigenvalue weighted by Gasteiger charge is -2.22. The van der Waals surface area contributed by atoms with Crippen LogP contribution in [0.3, 0.4) is 0 Å². The second-order valence-electron chi connectivity index (χ2n) is 3.66. The van der Waals surface area contributed by atoms with Gasteiger partial charge in [-0.1, -0.05) is 0 Å². The molecule has 1 aliphatic heterocycles. The van der Waals surface area contributed by atoms with Crippen molar-refractivity contribution >= 4 is 17.3 Å². The Morgan fingerprint density at radius 1 is 1.60 bits per heavy atom. The highest BCUT2D eigenvalue weighted by molar-refractivity contribution is 7.14. The van der Waals surface area contributed by atoms with Gasteiger partial charge in [-0.2, -0.15) is 0 Å². The molecule has 1 aromatic rings. The van der Waals surface area contributed by atoms with Gasteiger partial charge in [-0.3, -0.25) is 0 Å². The zero-order valence-corrected chi connectivity index (χ0v) is 9.56. The third-order valence-electron chi connectivity index (χ3n) is 2.59. The van der Waals surface area contributed by atoms with E-state index in [0.717, 1.165) is 30.0 Å². The van der Waals surface area contributed by atoms with Crippen LogP contribution >= 0.6 is 11.3 Å². The van der Waals surface area contributed by atoms with Crippen LogP contribution in [0.1, 0.15) is 20.1 Å². The van der Waals surface area contributed by atoms with Gasteiger partial charge in [0.1, 0.15) is 5.75 Å². The van der Waals surface area contributed by atoms with Crippen molar-refractivity contribution < 1.29 is 14.6 Å². The Hall–Kier alpha value is -1.07. The second-order valence-corrected chi connectivity index (χ2v) is 4.76. The van der Waals surface area contributed by atoms with Crippen LogP contribution < -0.4 is 4.74 Å². The van der Waals surface area contributed by atoms with E-state index in [2.05, 4.69) is 4.90 Å². The summed E-state index contributed by atoms with van der Waals surface area (Å²) in [6, 6.07) is 0. The highest BCUT2D eigenvalue weighted by Crippen LogP contribution is 2.38. The maximum absolute atomic E-state index is 11.0. The molecule has 2 rings (SSSR count). The average Bonchev–Trinajstić information content (AvgIpc) is 2.55. The van der Waals surface area contributed by atoms with Crippen molar-refractivity contribution in [2.75, 3.05) is 20.7 Å². The molecule has 1 aliphatic rings. The number of likely N-dealkylation sites (N-methyl/N-ethyl adjacent to an activating group) is 1. The number of carboxylic acids is 1. The smallest absolute Gasteiger partial charge is 0.349 e.